The number of anilines is 1. The second kappa shape index (κ2) is 3.82. The number of aliphatic hydroxyl groups is 1. The van der Waals surface area contributed by atoms with E-state index in [2.05, 4.69) is 4.98 Å². The molecule has 84 valence electrons. The Balaban J connectivity index is 3.27. The summed E-state index contributed by atoms with van der Waals surface area (Å²) in [7, 11) is 0. The minimum Gasteiger partial charge on any atom is -0.384 e. The van der Waals surface area contributed by atoms with Crippen LogP contribution < -0.4 is 5.73 Å². The minimum absolute atomic E-state index is 0.0147. The van der Waals surface area contributed by atoms with Crippen LogP contribution in [0.2, 0.25) is 0 Å². The normalized spacial score (nSPS) is 12.9. The summed E-state index contributed by atoms with van der Waals surface area (Å²) in [4.78, 5) is 3.78. The molecule has 0 aromatic carbocycles. The van der Waals surface area contributed by atoms with Crippen molar-refractivity contribution in [3.63, 3.8) is 0 Å². The molecule has 1 aromatic rings. The first-order valence-electron chi connectivity index (χ1n) is 4.18. The van der Waals surface area contributed by atoms with Crippen molar-refractivity contribution >= 4 is 28.4 Å². The predicted octanol–water partition coefficient (Wildman–Crippen LogP) is 2.13. The van der Waals surface area contributed by atoms with Crippen LogP contribution in [0.3, 0.4) is 0 Å². The Morgan fingerprint density at radius 3 is 2.33 bits per heavy atom. The molecule has 0 radical (unpaired) electrons. The van der Waals surface area contributed by atoms with Crippen LogP contribution in [0.15, 0.2) is 12.1 Å². The van der Waals surface area contributed by atoms with Crippen molar-refractivity contribution in [1.82, 2.24) is 4.98 Å². The monoisotopic (exact) mass is 328 g/mol. The summed E-state index contributed by atoms with van der Waals surface area (Å²) >= 11 is 1.79. The van der Waals surface area contributed by atoms with Gasteiger partial charge in [-0.3, -0.25) is 0 Å². The summed E-state index contributed by atoms with van der Waals surface area (Å²) < 4.78 is 27.7. The summed E-state index contributed by atoms with van der Waals surface area (Å²) in [6.45, 7) is 2.10. The molecular formula is C9H11F2IN2O. The molecule has 0 saturated carbocycles. The number of halogens is 3. The Hall–Kier alpha value is -0.500. The molecule has 0 aliphatic heterocycles. The van der Waals surface area contributed by atoms with E-state index in [-0.39, 0.29) is 11.4 Å². The van der Waals surface area contributed by atoms with Crippen LogP contribution >= 0.6 is 22.6 Å². The topological polar surface area (TPSA) is 59.1 Å². The van der Waals surface area contributed by atoms with E-state index in [1.165, 1.54) is 6.07 Å². The van der Waals surface area contributed by atoms with E-state index in [4.69, 9.17) is 5.73 Å². The maximum Gasteiger partial charge on any atom is 0.300 e. The molecule has 0 aliphatic carbocycles. The van der Waals surface area contributed by atoms with Gasteiger partial charge in [-0.05, 0) is 48.6 Å². The number of hydrogen-bond donors (Lipinski definition) is 2. The maximum atomic E-state index is 13.7. The van der Waals surface area contributed by atoms with Gasteiger partial charge in [0, 0.05) is 5.56 Å². The van der Waals surface area contributed by atoms with Crippen molar-refractivity contribution in [2.45, 2.75) is 25.4 Å². The molecule has 0 bridgehead atoms. The second-order valence-corrected chi connectivity index (χ2v) is 4.84. The Morgan fingerprint density at radius 2 is 1.93 bits per heavy atom. The molecule has 0 unspecified atom stereocenters. The summed E-state index contributed by atoms with van der Waals surface area (Å²) in [5.41, 5.74) is 2.91. The van der Waals surface area contributed by atoms with Crippen molar-refractivity contribution in [1.29, 1.82) is 0 Å². The lowest BCUT2D eigenvalue weighted by Gasteiger charge is -2.29. The molecule has 0 spiro atoms. The average Bonchev–Trinajstić information content (AvgIpc) is 1.99. The second-order valence-electron chi connectivity index (χ2n) is 3.74. The van der Waals surface area contributed by atoms with E-state index < -0.39 is 11.5 Å². The fourth-order valence-corrected chi connectivity index (χ4v) is 1.67. The highest BCUT2D eigenvalue weighted by Gasteiger charge is 2.47. The van der Waals surface area contributed by atoms with E-state index in [9.17, 15) is 13.9 Å². The van der Waals surface area contributed by atoms with Gasteiger partial charge in [0.1, 0.15) is 15.1 Å². The van der Waals surface area contributed by atoms with Crippen LogP contribution in [0.5, 0.6) is 0 Å². The standard InChI is InChI=1S/C9H11F2IN2O/c1-8(2,15)9(10,11)5-3-6(12)14-7(13)4-5/h3-4,15H,1-2H3,(H2,13,14). The van der Waals surface area contributed by atoms with Crippen LogP contribution in [0.1, 0.15) is 19.4 Å². The molecular weight excluding hydrogens is 317 g/mol. The number of nitrogens with two attached hydrogens (primary N) is 1. The molecule has 0 fully saturated rings. The number of aromatic nitrogens is 1. The first kappa shape index (κ1) is 12.6. The van der Waals surface area contributed by atoms with Crippen LogP contribution in [-0.2, 0) is 5.92 Å². The molecule has 6 heteroatoms. The lowest BCUT2D eigenvalue weighted by atomic mass is 9.94. The first-order chi connectivity index (χ1) is 6.64. The third kappa shape index (κ3) is 2.54. The SMILES string of the molecule is CC(C)(O)C(F)(F)c1cc(N)nc(I)c1. The van der Waals surface area contributed by atoms with Gasteiger partial charge >= 0.3 is 5.92 Å². The van der Waals surface area contributed by atoms with E-state index in [1.807, 2.05) is 0 Å². The van der Waals surface area contributed by atoms with E-state index in [1.54, 1.807) is 22.6 Å². The number of rotatable bonds is 2. The fourth-order valence-electron chi connectivity index (χ4n) is 1.05. The molecule has 0 atom stereocenters. The van der Waals surface area contributed by atoms with Crippen molar-refractivity contribution in [3.05, 3.63) is 21.4 Å². The molecule has 0 amide bonds. The number of nitrogens with zero attached hydrogens (tertiary/aromatic N) is 1. The molecule has 1 aromatic heterocycles. The summed E-state index contributed by atoms with van der Waals surface area (Å²) in [5.74, 6) is -3.34. The number of nitrogen functional groups attached to an aromatic ring is 1. The molecule has 3 nitrogen and oxygen atoms in total. The quantitative estimate of drug-likeness (QED) is 0.646. The minimum atomic E-state index is -3.36. The van der Waals surface area contributed by atoms with Gasteiger partial charge in [-0.1, -0.05) is 0 Å². The fraction of sp³-hybridized carbons (Fsp3) is 0.444. The van der Waals surface area contributed by atoms with Gasteiger partial charge in [0.05, 0.1) is 0 Å². The van der Waals surface area contributed by atoms with E-state index >= 15 is 0 Å². The Bertz CT molecular complexity index is 357. The molecule has 0 saturated heterocycles. The predicted molar refractivity (Wildman–Crippen MR) is 61.6 cm³/mol. The highest BCUT2D eigenvalue weighted by Crippen LogP contribution is 2.39. The smallest absolute Gasteiger partial charge is 0.300 e. The summed E-state index contributed by atoms with van der Waals surface area (Å²) in [6, 6.07) is 2.27. The molecule has 1 rings (SSSR count). The lowest BCUT2D eigenvalue weighted by Crippen LogP contribution is -2.40. The van der Waals surface area contributed by atoms with Crippen molar-refractivity contribution in [2.24, 2.45) is 0 Å². The van der Waals surface area contributed by atoms with Crippen LogP contribution in [-0.4, -0.2) is 15.7 Å². The van der Waals surface area contributed by atoms with Crippen LogP contribution in [0.25, 0.3) is 0 Å². The maximum absolute atomic E-state index is 13.7. The molecule has 1 heterocycles. The Labute approximate surface area is 99.8 Å². The van der Waals surface area contributed by atoms with Crippen LogP contribution in [0, 0.1) is 3.70 Å². The number of hydrogen-bond acceptors (Lipinski definition) is 3. The zero-order valence-corrected chi connectivity index (χ0v) is 10.4. The van der Waals surface area contributed by atoms with Gasteiger partial charge in [-0.2, -0.15) is 8.78 Å². The van der Waals surface area contributed by atoms with Crippen LogP contribution in [0.4, 0.5) is 14.6 Å². The van der Waals surface area contributed by atoms with E-state index in [0.717, 1.165) is 19.9 Å². The van der Waals surface area contributed by atoms with Crippen molar-refractivity contribution < 1.29 is 13.9 Å². The first-order valence-corrected chi connectivity index (χ1v) is 5.26. The third-order valence-electron chi connectivity index (χ3n) is 1.94. The highest BCUT2D eigenvalue weighted by atomic mass is 127. The van der Waals surface area contributed by atoms with Crippen molar-refractivity contribution in [2.75, 3.05) is 5.73 Å². The zero-order chi connectivity index (χ0) is 11.9. The van der Waals surface area contributed by atoms with Gasteiger partial charge in [0.15, 0.2) is 0 Å². The van der Waals surface area contributed by atoms with Gasteiger partial charge in [-0.25, -0.2) is 4.98 Å². The van der Waals surface area contributed by atoms with Gasteiger partial charge < -0.3 is 10.8 Å². The van der Waals surface area contributed by atoms with Gasteiger partial charge in [0.25, 0.3) is 0 Å². The highest BCUT2D eigenvalue weighted by molar-refractivity contribution is 14.1. The number of alkyl halides is 2. The zero-order valence-electron chi connectivity index (χ0n) is 8.26. The Kier molecular flexibility index (Phi) is 3.20. The summed E-state index contributed by atoms with van der Waals surface area (Å²) in [5, 5.41) is 9.37. The summed E-state index contributed by atoms with van der Waals surface area (Å²) in [6.07, 6.45) is 0. The number of pyridine rings is 1. The molecule has 0 aliphatic rings. The molecule has 3 N–H and O–H groups in total. The largest absolute Gasteiger partial charge is 0.384 e. The average molecular weight is 328 g/mol. The molecule has 15 heavy (non-hydrogen) atoms. The van der Waals surface area contributed by atoms with Gasteiger partial charge in [-0.15, -0.1) is 0 Å². The van der Waals surface area contributed by atoms with Crippen molar-refractivity contribution in [3.8, 4) is 0 Å². The van der Waals surface area contributed by atoms with Gasteiger partial charge in [0.2, 0.25) is 0 Å². The Morgan fingerprint density at radius 1 is 1.40 bits per heavy atom. The third-order valence-corrected chi connectivity index (χ3v) is 2.50. The van der Waals surface area contributed by atoms with E-state index in [0.29, 0.717) is 3.70 Å². The lowest BCUT2D eigenvalue weighted by molar-refractivity contribution is -0.168.